The highest BCUT2D eigenvalue weighted by atomic mass is 35.5. The van der Waals surface area contributed by atoms with E-state index in [1.807, 2.05) is 0 Å². The summed E-state index contributed by atoms with van der Waals surface area (Å²) >= 11 is 6.06. The van der Waals surface area contributed by atoms with Crippen molar-refractivity contribution < 1.29 is 27.7 Å². The van der Waals surface area contributed by atoms with Crippen LogP contribution in [0.5, 0.6) is 0 Å². The van der Waals surface area contributed by atoms with Crippen LogP contribution in [0.2, 0.25) is 5.02 Å². The van der Waals surface area contributed by atoms with Gasteiger partial charge in [-0.2, -0.15) is 18.3 Å². The van der Waals surface area contributed by atoms with E-state index in [-0.39, 0.29) is 21.8 Å². The first-order chi connectivity index (χ1) is 17.0. The second-order valence-electron chi connectivity index (χ2n) is 7.29. The fourth-order valence-electron chi connectivity index (χ4n) is 3.51. The molecule has 2 heterocycles. The summed E-state index contributed by atoms with van der Waals surface area (Å²) in [4.78, 5) is 40.9. The van der Waals surface area contributed by atoms with Crippen LogP contribution in [0.25, 0.3) is 16.6 Å². The van der Waals surface area contributed by atoms with Crippen molar-refractivity contribution in [2.45, 2.75) is 6.18 Å². The van der Waals surface area contributed by atoms with E-state index in [1.165, 1.54) is 49.6 Å². The fourth-order valence-corrected chi connectivity index (χ4v) is 3.71. The summed E-state index contributed by atoms with van der Waals surface area (Å²) in [5.74, 6) is -2.26. The van der Waals surface area contributed by atoms with Crippen molar-refractivity contribution in [2.75, 3.05) is 12.4 Å². The fraction of sp³-hybridized carbons (Fsp3) is 0.0909. The van der Waals surface area contributed by atoms with Crippen LogP contribution in [-0.2, 0) is 6.18 Å². The topological polar surface area (TPSA) is 132 Å². The van der Waals surface area contributed by atoms with Gasteiger partial charge < -0.3 is 10.6 Å². The number of nitrogens with zero attached hydrogens (tertiary/aromatic N) is 4. The van der Waals surface area contributed by atoms with E-state index in [0.717, 1.165) is 0 Å². The molecule has 0 fully saturated rings. The lowest BCUT2D eigenvalue weighted by molar-refractivity contribution is -0.382. The van der Waals surface area contributed by atoms with E-state index in [2.05, 4.69) is 20.7 Å². The van der Waals surface area contributed by atoms with Gasteiger partial charge in [0.2, 0.25) is 0 Å². The number of carbonyl (C=O) groups is 2. The Morgan fingerprint density at radius 2 is 1.83 bits per heavy atom. The Morgan fingerprint density at radius 1 is 1.11 bits per heavy atom. The summed E-state index contributed by atoms with van der Waals surface area (Å²) in [7, 11) is 1.28. The number of hydrogen-bond donors (Lipinski definition) is 2. The van der Waals surface area contributed by atoms with Gasteiger partial charge in [-0.3, -0.25) is 19.7 Å². The molecule has 0 unspecified atom stereocenters. The monoisotopic (exact) mass is 518 g/mol. The van der Waals surface area contributed by atoms with Crippen LogP contribution in [-0.4, -0.2) is 38.5 Å². The first kappa shape index (κ1) is 24.6. The van der Waals surface area contributed by atoms with Crippen LogP contribution in [0.15, 0.2) is 54.7 Å². The van der Waals surface area contributed by atoms with Gasteiger partial charge in [0.1, 0.15) is 11.4 Å². The SMILES string of the molecule is CNC(=O)c1cc2ccccc2c([N+](=O)[O-])c1NC(=O)c1cc(C(F)(F)F)nn1-c1ncccc1Cl. The first-order valence-corrected chi connectivity index (χ1v) is 10.4. The van der Waals surface area contributed by atoms with Crippen LogP contribution < -0.4 is 10.6 Å². The summed E-state index contributed by atoms with van der Waals surface area (Å²) in [6.07, 6.45) is -3.69. The van der Waals surface area contributed by atoms with Crippen LogP contribution in [0.4, 0.5) is 24.5 Å². The van der Waals surface area contributed by atoms with Crippen molar-refractivity contribution in [3.63, 3.8) is 0 Å². The zero-order chi connectivity index (χ0) is 26.2. The summed E-state index contributed by atoms with van der Waals surface area (Å²) in [6.45, 7) is 0. The van der Waals surface area contributed by atoms with Gasteiger partial charge in [-0.05, 0) is 29.7 Å². The normalized spacial score (nSPS) is 11.4. The largest absolute Gasteiger partial charge is 0.435 e. The van der Waals surface area contributed by atoms with E-state index in [9.17, 15) is 32.9 Å². The van der Waals surface area contributed by atoms with E-state index in [4.69, 9.17) is 11.6 Å². The van der Waals surface area contributed by atoms with E-state index in [0.29, 0.717) is 16.1 Å². The molecule has 36 heavy (non-hydrogen) atoms. The quantitative estimate of drug-likeness (QED) is 0.293. The molecule has 0 aliphatic carbocycles. The van der Waals surface area contributed by atoms with Crippen molar-refractivity contribution in [3.8, 4) is 5.82 Å². The van der Waals surface area contributed by atoms with Crippen LogP contribution >= 0.6 is 11.6 Å². The molecule has 2 aromatic carbocycles. The number of nitrogens with one attached hydrogen (secondary N) is 2. The molecule has 0 spiro atoms. The Balaban J connectivity index is 1.93. The Kier molecular flexibility index (Phi) is 6.33. The zero-order valence-corrected chi connectivity index (χ0v) is 18.9. The lowest BCUT2D eigenvalue weighted by Crippen LogP contribution is -2.24. The van der Waals surface area contributed by atoms with Crippen LogP contribution in [0.1, 0.15) is 26.5 Å². The molecule has 0 bridgehead atoms. The van der Waals surface area contributed by atoms with Crippen molar-refractivity contribution >= 4 is 45.6 Å². The molecule has 2 amide bonds. The molecule has 14 heteroatoms. The van der Waals surface area contributed by atoms with Crippen LogP contribution in [0, 0.1) is 10.1 Å². The van der Waals surface area contributed by atoms with Crippen molar-refractivity contribution in [3.05, 3.63) is 86.8 Å². The van der Waals surface area contributed by atoms with Gasteiger partial charge in [-0.1, -0.05) is 29.8 Å². The number of pyridine rings is 1. The summed E-state index contributed by atoms with van der Waals surface area (Å²) < 4.78 is 40.9. The molecule has 10 nitrogen and oxygen atoms in total. The highest BCUT2D eigenvalue weighted by molar-refractivity contribution is 6.32. The molecular formula is C22H14ClF3N6O4. The second-order valence-corrected chi connectivity index (χ2v) is 7.70. The van der Waals surface area contributed by atoms with E-state index < -0.39 is 45.7 Å². The third-order valence-corrected chi connectivity index (χ3v) is 5.38. The Morgan fingerprint density at radius 3 is 2.47 bits per heavy atom. The molecule has 2 N–H and O–H groups in total. The van der Waals surface area contributed by atoms with Gasteiger partial charge in [-0.15, -0.1) is 0 Å². The standard InChI is InChI=1S/C22H14ClF3N6O4/c1-27-20(33)13-9-11-5-2-3-6-12(11)18(32(35)36)17(13)29-21(34)15-10-16(22(24,25)26)30-31(15)19-14(23)7-4-8-28-19/h2-10H,1H3,(H,27,33)(H,29,34). The van der Waals surface area contributed by atoms with Gasteiger partial charge in [0.05, 0.1) is 20.9 Å². The van der Waals surface area contributed by atoms with Crippen molar-refractivity contribution in [1.29, 1.82) is 0 Å². The maximum Gasteiger partial charge on any atom is 0.435 e. The molecule has 4 rings (SSSR count). The number of hydrogen-bond acceptors (Lipinski definition) is 6. The number of nitro benzene ring substituents is 1. The molecule has 184 valence electrons. The molecule has 0 aliphatic heterocycles. The summed E-state index contributed by atoms with van der Waals surface area (Å²) in [5.41, 5.74) is -3.48. The number of carbonyl (C=O) groups excluding carboxylic acids is 2. The first-order valence-electron chi connectivity index (χ1n) is 10.0. The molecule has 0 saturated carbocycles. The summed E-state index contributed by atoms with van der Waals surface area (Å²) in [5, 5.41) is 20.3. The molecule has 0 atom stereocenters. The third kappa shape index (κ3) is 4.43. The molecule has 0 saturated heterocycles. The van der Waals surface area contributed by atoms with Crippen molar-refractivity contribution in [2.24, 2.45) is 0 Å². The van der Waals surface area contributed by atoms with Gasteiger partial charge in [-0.25, -0.2) is 9.67 Å². The lowest BCUT2D eigenvalue weighted by atomic mass is 10.0. The van der Waals surface area contributed by atoms with E-state index in [1.54, 1.807) is 6.07 Å². The number of aromatic nitrogens is 3. The molecule has 4 aromatic rings. The highest BCUT2D eigenvalue weighted by Gasteiger charge is 2.37. The minimum absolute atomic E-state index is 0.0997. The number of anilines is 1. The number of rotatable bonds is 5. The highest BCUT2D eigenvalue weighted by Crippen LogP contribution is 2.38. The van der Waals surface area contributed by atoms with E-state index >= 15 is 0 Å². The minimum Gasteiger partial charge on any atom is -0.355 e. The number of halogens is 4. The molecule has 0 radical (unpaired) electrons. The summed E-state index contributed by atoms with van der Waals surface area (Å²) in [6, 6.07) is 10.6. The second kappa shape index (κ2) is 9.26. The average Bonchev–Trinajstić information content (AvgIpc) is 3.29. The van der Waals surface area contributed by atoms with Crippen LogP contribution in [0.3, 0.4) is 0 Å². The smallest absolute Gasteiger partial charge is 0.355 e. The Hall–Kier alpha value is -4.52. The van der Waals surface area contributed by atoms with Gasteiger partial charge in [0, 0.05) is 19.3 Å². The molecule has 0 aliphatic rings. The van der Waals surface area contributed by atoms with Gasteiger partial charge in [0.25, 0.3) is 11.8 Å². The van der Waals surface area contributed by atoms with Gasteiger partial charge >= 0.3 is 11.9 Å². The predicted molar refractivity (Wildman–Crippen MR) is 123 cm³/mol. The molecule has 2 aromatic heterocycles. The number of fused-ring (bicyclic) bond motifs is 1. The zero-order valence-electron chi connectivity index (χ0n) is 18.1. The number of benzene rings is 2. The number of alkyl halides is 3. The Labute approximate surface area is 204 Å². The third-order valence-electron chi connectivity index (χ3n) is 5.09. The Bertz CT molecular complexity index is 1540. The maximum absolute atomic E-state index is 13.4. The number of amides is 2. The van der Waals surface area contributed by atoms with Gasteiger partial charge in [0.15, 0.2) is 11.5 Å². The average molecular weight is 519 g/mol. The lowest BCUT2D eigenvalue weighted by Gasteiger charge is -2.14. The molecular weight excluding hydrogens is 505 g/mol. The van der Waals surface area contributed by atoms with Crippen molar-refractivity contribution in [1.82, 2.24) is 20.1 Å². The number of nitro groups is 1. The minimum atomic E-state index is -4.93. The maximum atomic E-state index is 13.4. The predicted octanol–water partition coefficient (Wildman–Crippen LogP) is 4.61.